The Morgan fingerprint density at radius 3 is 2.56 bits per heavy atom. The van der Waals surface area contributed by atoms with Gasteiger partial charge in [0.15, 0.2) is 0 Å². The molecule has 0 amide bonds. The number of H-pyrrole nitrogens is 1. The molecule has 0 fully saturated rings. The van der Waals surface area contributed by atoms with Gasteiger partial charge in [-0.2, -0.15) is 5.10 Å². The van der Waals surface area contributed by atoms with Gasteiger partial charge in [0.25, 0.3) is 5.56 Å². The van der Waals surface area contributed by atoms with Crippen LogP contribution in [0.5, 0.6) is 11.6 Å². The molecule has 0 aliphatic carbocycles. The lowest BCUT2D eigenvalue weighted by Gasteiger charge is -2.24. The monoisotopic (exact) mass is 432 g/mol. The number of rotatable bonds is 7. The van der Waals surface area contributed by atoms with E-state index < -0.39 is 17.1 Å². The number of para-hydroxylation sites is 1. The average molecular weight is 432 g/mol. The van der Waals surface area contributed by atoms with Gasteiger partial charge in [-0.05, 0) is 36.8 Å². The van der Waals surface area contributed by atoms with E-state index in [4.69, 9.17) is 9.84 Å². The number of aromatic amines is 1. The van der Waals surface area contributed by atoms with Crippen LogP contribution in [-0.4, -0.2) is 27.0 Å². The predicted molar refractivity (Wildman–Crippen MR) is 124 cm³/mol. The lowest BCUT2D eigenvalue weighted by molar-refractivity contribution is 0.340. The van der Waals surface area contributed by atoms with Crippen molar-refractivity contribution in [2.24, 2.45) is 5.10 Å². The number of hydrogen-bond acceptors (Lipinski definition) is 6. The van der Waals surface area contributed by atoms with Crippen LogP contribution in [0.15, 0.2) is 81.9 Å². The number of allylic oxidation sites excluding steroid dienone is 1. The summed E-state index contributed by atoms with van der Waals surface area (Å²) in [5.74, 6) is 0.352. The SMILES string of the molecule is C=CCn1c(O)c(C2=NN(c3ccccc3)C(c3ccc(OCC)cc3)C2)c(=O)[nH]c1=O. The maximum atomic E-state index is 12.6. The van der Waals surface area contributed by atoms with Gasteiger partial charge >= 0.3 is 5.69 Å². The second-order valence-electron chi connectivity index (χ2n) is 7.31. The van der Waals surface area contributed by atoms with Crippen LogP contribution in [0.1, 0.15) is 30.5 Å². The first-order chi connectivity index (χ1) is 15.5. The number of hydrazone groups is 1. The topological polar surface area (TPSA) is 99.9 Å². The zero-order valence-corrected chi connectivity index (χ0v) is 17.7. The number of ether oxygens (including phenoxy) is 1. The summed E-state index contributed by atoms with van der Waals surface area (Å²) in [4.78, 5) is 27.0. The summed E-state index contributed by atoms with van der Waals surface area (Å²) in [5, 5.41) is 17.3. The fraction of sp³-hybridized carbons (Fsp3) is 0.208. The maximum Gasteiger partial charge on any atom is 0.331 e. The first kappa shape index (κ1) is 21.2. The normalized spacial score (nSPS) is 15.5. The van der Waals surface area contributed by atoms with E-state index in [2.05, 4.69) is 11.6 Å². The van der Waals surface area contributed by atoms with Crippen molar-refractivity contribution in [3.63, 3.8) is 0 Å². The van der Waals surface area contributed by atoms with Gasteiger partial charge in [0.2, 0.25) is 5.88 Å². The Morgan fingerprint density at radius 2 is 1.91 bits per heavy atom. The smallest absolute Gasteiger partial charge is 0.331 e. The molecule has 2 aromatic carbocycles. The fourth-order valence-electron chi connectivity index (χ4n) is 3.81. The minimum absolute atomic E-state index is 0.0131. The van der Waals surface area contributed by atoms with Crippen LogP contribution < -0.4 is 21.0 Å². The molecule has 8 nitrogen and oxygen atoms in total. The number of aromatic hydroxyl groups is 1. The van der Waals surface area contributed by atoms with Gasteiger partial charge in [0, 0.05) is 13.0 Å². The molecule has 1 aliphatic heterocycles. The maximum absolute atomic E-state index is 12.6. The standard InChI is InChI=1S/C24H24N4O4/c1-3-14-27-23(30)21(22(29)25-24(27)31)19-15-20(16-10-12-18(13-11-16)32-4-2)28(26-19)17-8-6-5-7-9-17/h3,5-13,20,30H,1,4,14-15H2,2H3,(H,25,29,31). The highest BCUT2D eigenvalue weighted by atomic mass is 16.5. The Kier molecular flexibility index (Phi) is 5.93. The highest BCUT2D eigenvalue weighted by Crippen LogP contribution is 2.37. The quantitative estimate of drug-likeness (QED) is 0.559. The van der Waals surface area contributed by atoms with E-state index in [1.165, 1.54) is 6.08 Å². The number of nitrogens with zero attached hydrogens (tertiary/aromatic N) is 3. The van der Waals surface area contributed by atoms with Crippen molar-refractivity contribution in [2.75, 3.05) is 11.6 Å². The van der Waals surface area contributed by atoms with Crippen molar-refractivity contribution in [3.05, 3.63) is 99.2 Å². The van der Waals surface area contributed by atoms with Crippen LogP contribution in [0, 0.1) is 0 Å². The number of benzene rings is 2. The Morgan fingerprint density at radius 1 is 1.19 bits per heavy atom. The molecule has 1 unspecified atom stereocenters. The van der Waals surface area contributed by atoms with E-state index in [1.54, 1.807) is 0 Å². The fourth-order valence-corrected chi connectivity index (χ4v) is 3.81. The highest BCUT2D eigenvalue weighted by Gasteiger charge is 2.33. The van der Waals surface area contributed by atoms with Crippen LogP contribution in [0.25, 0.3) is 0 Å². The van der Waals surface area contributed by atoms with E-state index in [0.717, 1.165) is 21.6 Å². The molecule has 8 heteroatoms. The van der Waals surface area contributed by atoms with E-state index in [-0.39, 0.29) is 18.2 Å². The molecule has 0 bridgehead atoms. The molecule has 2 N–H and O–H groups in total. The molecule has 0 saturated heterocycles. The molecule has 1 aromatic heterocycles. The van der Waals surface area contributed by atoms with E-state index >= 15 is 0 Å². The molecule has 0 saturated carbocycles. The summed E-state index contributed by atoms with van der Waals surface area (Å²) < 4.78 is 6.60. The molecular formula is C24H24N4O4. The minimum Gasteiger partial charge on any atom is -0.494 e. The van der Waals surface area contributed by atoms with Crippen LogP contribution in [0.2, 0.25) is 0 Å². The van der Waals surface area contributed by atoms with E-state index in [9.17, 15) is 14.7 Å². The second-order valence-corrected chi connectivity index (χ2v) is 7.31. The summed E-state index contributed by atoms with van der Waals surface area (Å²) >= 11 is 0. The molecule has 2 heterocycles. The molecule has 0 spiro atoms. The van der Waals surface area contributed by atoms with Crippen molar-refractivity contribution >= 4 is 11.4 Å². The molecule has 4 rings (SSSR count). The Balaban J connectivity index is 1.80. The third-order valence-electron chi connectivity index (χ3n) is 5.28. The van der Waals surface area contributed by atoms with Gasteiger partial charge in [-0.15, -0.1) is 6.58 Å². The van der Waals surface area contributed by atoms with Crippen molar-refractivity contribution < 1.29 is 9.84 Å². The zero-order chi connectivity index (χ0) is 22.7. The molecule has 3 aromatic rings. The first-order valence-electron chi connectivity index (χ1n) is 10.3. The number of anilines is 1. The summed E-state index contributed by atoms with van der Waals surface area (Å²) in [7, 11) is 0. The van der Waals surface area contributed by atoms with Crippen molar-refractivity contribution in [1.29, 1.82) is 0 Å². The van der Waals surface area contributed by atoms with Gasteiger partial charge in [-0.25, -0.2) is 4.79 Å². The molecule has 164 valence electrons. The number of hydrogen-bond donors (Lipinski definition) is 2. The predicted octanol–water partition coefficient (Wildman–Crippen LogP) is 3.18. The Bertz CT molecular complexity index is 1260. The zero-order valence-electron chi connectivity index (χ0n) is 17.7. The molecular weight excluding hydrogens is 408 g/mol. The van der Waals surface area contributed by atoms with Gasteiger partial charge in [-0.3, -0.25) is 19.4 Å². The average Bonchev–Trinajstić information content (AvgIpc) is 3.23. The van der Waals surface area contributed by atoms with E-state index in [1.807, 2.05) is 66.5 Å². The van der Waals surface area contributed by atoms with Gasteiger partial charge in [0.1, 0.15) is 11.3 Å². The van der Waals surface area contributed by atoms with Gasteiger partial charge < -0.3 is 9.84 Å². The summed E-state index contributed by atoms with van der Waals surface area (Å²) in [6.45, 7) is 6.17. The molecule has 0 radical (unpaired) electrons. The Labute approximate surface area is 184 Å². The number of nitrogens with one attached hydrogen (secondary N) is 1. The highest BCUT2D eigenvalue weighted by molar-refractivity contribution is 6.04. The first-order valence-corrected chi connectivity index (χ1v) is 10.3. The van der Waals surface area contributed by atoms with Crippen LogP contribution >= 0.6 is 0 Å². The Hall–Kier alpha value is -4.07. The largest absolute Gasteiger partial charge is 0.494 e. The summed E-state index contributed by atoms with van der Waals surface area (Å²) in [6.07, 6.45) is 1.84. The minimum atomic E-state index is -0.697. The third-order valence-corrected chi connectivity index (χ3v) is 5.28. The number of aromatic nitrogens is 2. The summed E-state index contributed by atoms with van der Waals surface area (Å²) in [6, 6.07) is 17.1. The van der Waals surface area contributed by atoms with Crippen molar-refractivity contribution in [1.82, 2.24) is 9.55 Å². The second kappa shape index (κ2) is 8.97. The van der Waals surface area contributed by atoms with Crippen LogP contribution in [0.3, 0.4) is 0 Å². The lowest BCUT2D eigenvalue weighted by atomic mass is 9.98. The molecule has 1 aliphatic rings. The summed E-state index contributed by atoms with van der Waals surface area (Å²) in [5.41, 5.74) is 0.831. The third kappa shape index (κ3) is 3.94. The lowest BCUT2D eigenvalue weighted by Crippen LogP contribution is -2.33. The van der Waals surface area contributed by atoms with Gasteiger partial charge in [-0.1, -0.05) is 36.4 Å². The van der Waals surface area contributed by atoms with Crippen molar-refractivity contribution in [3.8, 4) is 11.6 Å². The van der Waals surface area contributed by atoms with Gasteiger partial charge in [0.05, 0.1) is 24.0 Å². The van der Waals surface area contributed by atoms with E-state index in [0.29, 0.717) is 18.7 Å². The molecule has 1 atom stereocenters. The van der Waals surface area contributed by atoms with Crippen LogP contribution in [-0.2, 0) is 6.54 Å². The van der Waals surface area contributed by atoms with Crippen LogP contribution in [0.4, 0.5) is 5.69 Å². The molecule has 32 heavy (non-hydrogen) atoms. The van der Waals surface area contributed by atoms with Crippen molar-refractivity contribution in [2.45, 2.75) is 25.9 Å².